The maximum atomic E-state index is 6.06. The molecule has 1 aromatic rings. The SMILES string of the molecule is CO[C@H]1CN(Cc2nccn2C(C)C)CC[C@@]12CCCO2. The van der Waals surface area contributed by atoms with Crippen LogP contribution in [0.3, 0.4) is 0 Å². The van der Waals surface area contributed by atoms with E-state index in [0.29, 0.717) is 6.04 Å². The van der Waals surface area contributed by atoms with Gasteiger partial charge in [0.25, 0.3) is 0 Å². The third-order valence-corrected chi connectivity index (χ3v) is 4.95. The van der Waals surface area contributed by atoms with Gasteiger partial charge in [0.05, 0.1) is 18.2 Å². The highest BCUT2D eigenvalue weighted by molar-refractivity contribution is 5.01. The normalized spacial score (nSPS) is 30.6. The van der Waals surface area contributed by atoms with Gasteiger partial charge in [-0.05, 0) is 33.1 Å². The van der Waals surface area contributed by atoms with E-state index in [0.717, 1.165) is 51.3 Å². The number of aromatic nitrogens is 2. The zero-order valence-corrected chi connectivity index (χ0v) is 13.4. The largest absolute Gasteiger partial charge is 0.377 e. The standard InChI is InChI=1S/C16H27N3O2/c1-13(2)19-9-7-17-15(19)12-18-8-6-16(5-4-10-21-16)14(11-18)20-3/h7,9,13-14H,4-6,8,10-12H2,1-3H3/t14-,16-/m0/s1. The molecule has 5 nitrogen and oxygen atoms in total. The summed E-state index contributed by atoms with van der Waals surface area (Å²) in [5.41, 5.74) is -0.0290. The van der Waals surface area contributed by atoms with E-state index < -0.39 is 0 Å². The Kier molecular flexibility index (Phi) is 4.33. The van der Waals surface area contributed by atoms with Gasteiger partial charge in [0, 0.05) is 45.2 Å². The molecule has 118 valence electrons. The van der Waals surface area contributed by atoms with Crippen LogP contribution in [0.15, 0.2) is 12.4 Å². The first-order chi connectivity index (χ1) is 10.1. The van der Waals surface area contributed by atoms with Gasteiger partial charge in [0.1, 0.15) is 5.82 Å². The Morgan fingerprint density at radius 1 is 1.48 bits per heavy atom. The van der Waals surface area contributed by atoms with Crippen LogP contribution in [0.1, 0.15) is 45.0 Å². The van der Waals surface area contributed by atoms with Crippen molar-refractivity contribution in [2.75, 3.05) is 26.8 Å². The molecule has 0 aliphatic carbocycles. The van der Waals surface area contributed by atoms with Crippen molar-refractivity contribution in [2.45, 2.75) is 57.4 Å². The molecule has 2 fully saturated rings. The summed E-state index contributed by atoms with van der Waals surface area (Å²) in [6.07, 6.45) is 7.51. The third-order valence-electron chi connectivity index (χ3n) is 4.95. The number of hydrogen-bond donors (Lipinski definition) is 0. The highest BCUT2D eigenvalue weighted by Gasteiger charge is 2.46. The molecular formula is C16H27N3O2. The van der Waals surface area contributed by atoms with Crippen molar-refractivity contribution in [3.8, 4) is 0 Å². The lowest BCUT2D eigenvalue weighted by Crippen LogP contribution is -2.55. The number of piperidine rings is 1. The molecule has 2 aliphatic heterocycles. The second kappa shape index (κ2) is 6.07. The van der Waals surface area contributed by atoms with E-state index in [4.69, 9.17) is 9.47 Å². The average molecular weight is 293 g/mol. The monoisotopic (exact) mass is 293 g/mol. The van der Waals surface area contributed by atoms with Crippen molar-refractivity contribution >= 4 is 0 Å². The van der Waals surface area contributed by atoms with Crippen LogP contribution in [0.4, 0.5) is 0 Å². The summed E-state index contributed by atoms with van der Waals surface area (Å²) in [7, 11) is 1.81. The van der Waals surface area contributed by atoms with E-state index in [-0.39, 0.29) is 11.7 Å². The summed E-state index contributed by atoms with van der Waals surface area (Å²) < 4.78 is 14.1. The van der Waals surface area contributed by atoms with Gasteiger partial charge in [-0.25, -0.2) is 4.98 Å². The van der Waals surface area contributed by atoms with Crippen LogP contribution in [0.25, 0.3) is 0 Å². The second-order valence-corrected chi connectivity index (χ2v) is 6.57. The molecule has 2 saturated heterocycles. The highest BCUT2D eigenvalue weighted by atomic mass is 16.5. The van der Waals surface area contributed by atoms with Gasteiger partial charge in [-0.2, -0.15) is 0 Å². The van der Waals surface area contributed by atoms with Gasteiger partial charge >= 0.3 is 0 Å². The fourth-order valence-corrected chi connectivity index (χ4v) is 3.74. The minimum atomic E-state index is -0.0290. The van der Waals surface area contributed by atoms with Gasteiger partial charge in [0.2, 0.25) is 0 Å². The van der Waals surface area contributed by atoms with Crippen molar-refractivity contribution in [3.05, 3.63) is 18.2 Å². The predicted octanol–water partition coefficient (Wildman–Crippen LogP) is 2.23. The number of methoxy groups -OCH3 is 1. The quantitative estimate of drug-likeness (QED) is 0.853. The third kappa shape index (κ3) is 2.87. The smallest absolute Gasteiger partial charge is 0.123 e. The maximum absolute atomic E-state index is 6.06. The molecule has 3 rings (SSSR count). The van der Waals surface area contributed by atoms with Gasteiger partial charge in [-0.1, -0.05) is 0 Å². The van der Waals surface area contributed by atoms with Crippen LogP contribution in [-0.4, -0.2) is 53.0 Å². The number of rotatable bonds is 4. The lowest BCUT2D eigenvalue weighted by Gasteiger charge is -2.44. The molecule has 2 atom stereocenters. The summed E-state index contributed by atoms with van der Waals surface area (Å²) in [6.45, 7) is 8.16. The van der Waals surface area contributed by atoms with Crippen molar-refractivity contribution in [3.63, 3.8) is 0 Å². The summed E-state index contributed by atoms with van der Waals surface area (Å²) >= 11 is 0. The molecule has 0 unspecified atom stereocenters. The Bertz CT molecular complexity index is 466. The average Bonchev–Trinajstić information content (AvgIpc) is 3.11. The Hall–Kier alpha value is -0.910. The second-order valence-electron chi connectivity index (χ2n) is 6.57. The lowest BCUT2D eigenvalue weighted by atomic mass is 9.86. The summed E-state index contributed by atoms with van der Waals surface area (Å²) in [4.78, 5) is 6.97. The molecule has 1 aromatic heterocycles. The fraction of sp³-hybridized carbons (Fsp3) is 0.812. The van der Waals surface area contributed by atoms with E-state index in [2.05, 4.69) is 34.5 Å². The van der Waals surface area contributed by atoms with Crippen molar-refractivity contribution in [2.24, 2.45) is 0 Å². The zero-order valence-electron chi connectivity index (χ0n) is 13.4. The van der Waals surface area contributed by atoms with Gasteiger partial charge in [-0.15, -0.1) is 0 Å². The molecule has 0 aromatic carbocycles. The summed E-state index contributed by atoms with van der Waals surface area (Å²) in [5.74, 6) is 1.14. The molecule has 5 heteroatoms. The van der Waals surface area contributed by atoms with Gasteiger partial charge in [-0.3, -0.25) is 4.90 Å². The molecule has 0 radical (unpaired) electrons. The summed E-state index contributed by atoms with van der Waals surface area (Å²) in [5, 5.41) is 0. The topological polar surface area (TPSA) is 39.5 Å². The zero-order chi connectivity index (χ0) is 14.9. The molecule has 0 saturated carbocycles. The first-order valence-corrected chi connectivity index (χ1v) is 8.05. The van der Waals surface area contributed by atoms with Gasteiger partial charge in [0.15, 0.2) is 0 Å². The molecule has 0 bridgehead atoms. The van der Waals surface area contributed by atoms with E-state index in [1.165, 1.54) is 0 Å². The highest BCUT2D eigenvalue weighted by Crippen LogP contribution is 2.37. The molecule has 2 aliphatic rings. The summed E-state index contributed by atoms with van der Waals surface area (Å²) in [6, 6.07) is 0.454. The molecule has 0 N–H and O–H groups in total. The Morgan fingerprint density at radius 2 is 2.33 bits per heavy atom. The molecular weight excluding hydrogens is 266 g/mol. The van der Waals surface area contributed by atoms with Crippen LogP contribution in [0.2, 0.25) is 0 Å². The number of hydrogen-bond acceptors (Lipinski definition) is 4. The van der Waals surface area contributed by atoms with Crippen molar-refractivity contribution in [1.82, 2.24) is 14.5 Å². The minimum absolute atomic E-state index is 0.0290. The fourth-order valence-electron chi connectivity index (χ4n) is 3.74. The van der Waals surface area contributed by atoms with Crippen LogP contribution < -0.4 is 0 Å². The number of imidazole rings is 1. The lowest BCUT2D eigenvalue weighted by molar-refractivity contribution is -0.143. The molecule has 1 spiro atoms. The van der Waals surface area contributed by atoms with E-state index >= 15 is 0 Å². The minimum Gasteiger partial charge on any atom is -0.377 e. The first kappa shape index (κ1) is 15.0. The van der Waals surface area contributed by atoms with Crippen LogP contribution in [0, 0.1) is 0 Å². The molecule has 0 amide bonds. The molecule has 3 heterocycles. The van der Waals surface area contributed by atoms with E-state index in [1.54, 1.807) is 0 Å². The van der Waals surface area contributed by atoms with E-state index in [9.17, 15) is 0 Å². The van der Waals surface area contributed by atoms with Crippen molar-refractivity contribution < 1.29 is 9.47 Å². The number of nitrogens with zero attached hydrogens (tertiary/aromatic N) is 3. The first-order valence-electron chi connectivity index (χ1n) is 8.05. The van der Waals surface area contributed by atoms with Crippen LogP contribution in [0.5, 0.6) is 0 Å². The van der Waals surface area contributed by atoms with E-state index in [1.807, 2.05) is 13.3 Å². The maximum Gasteiger partial charge on any atom is 0.123 e. The number of ether oxygens (including phenoxy) is 2. The van der Waals surface area contributed by atoms with Crippen molar-refractivity contribution in [1.29, 1.82) is 0 Å². The Balaban J connectivity index is 1.67. The number of likely N-dealkylation sites (tertiary alicyclic amines) is 1. The molecule has 21 heavy (non-hydrogen) atoms. The van der Waals surface area contributed by atoms with Crippen LogP contribution in [-0.2, 0) is 16.0 Å². The predicted molar refractivity (Wildman–Crippen MR) is 81.2 cm³/mol. The van der Waals surface area contributed by atoms with Gasteiger partial charge < -0.3 is 14.0 Å². The Morgan fingerprint density at radius 3 is 3.00 bits per heavy atom. The Labute approximate surface area is 127 Å². The van der Waals surface area contributed by atoms with Crippen LogP contribution >= 0.6 is 0 Å².